The number of benzene rings is 2. The number of nitro groups is 1. The van der Waals surface area contributed by atoms with E-state index in [1.807, 2.05) is 23.6 Å². The van der Waals surface area contributed by atoms with Gasteiger partial charge in [0.25, 0.3) is 5.69 Å². The van der Waals surface area contributed by atoms with Crippen molar-refractivity contribution in [3.05, 3.63) is 69.0 Å². The number of aromatic nitrogens is 3. The third kappa shape index (κ3) is 4.75. The molecule has 29 heavy (non-hydrogen) atoms. The van der Waals surface area contributed by atoms with Crippen LogP contribution in [0.3, 0.4) is 0 Å². The zero-order valence-corrected chi connectivity index (χ0v) is 17.5. The molecular formula is C19H18ClN5O3S. The average Bonchev–Trinajstić information content (AvgIpc) is 3.03. The number of rotatable bonds is 6. The standard InChI is InChI=1S/C19H18ClN5O3S/c1-11-7-8-16(25(27)28)10-17(11)21-18(26)12(2)29-19-23-22-13(3)24(19)15-6-4-5-14(20)9-15/h4-10,12H,1-3H3,(H,21,26)/t12-/m1/s1. The summed E-state index contributed by atoms with van der Waals surface area (Å²) < 4.78 is 1.82. The summed E-state index contributed by atoms with van der Waals surface area (Å²) in [5.41, 5.74) is 1.86. The van der Waals surface area contributed by atoms with Crippen LogP contribution in [0.25, 0.3) is 5.69 Å². The molecular weight excluding hydrogens is 414 g/mol. The molecule has 150 valence electrons. The Morgan fingerprint density at radius 3 is 2.69 bits per heavy atom. The molecule has 0 saturated carbocycles. The first-order valence-corrected chi connectivity index (χ1v) is 9.92. The molecule has 0 aliphatic heterocycles. The Labute approximate surface area is 176 Å². The van der Waals surface area contributed by atoms with Crippen molar-refractivity contribution in [2.45, 2.75) is 31.2 Å². The molecule has 1 atom stereocenters. The first-order chi connectivity index (χ1) is 13.8. The number of hydrogen-bond donors (Lipinski definition) is 1. The second kappa shape index (κ2) is 8.62. The zero-order valence-electron chi connectivity index (χ0n) is 15.9. The van der Waals surface area contributed by atoms with E-state index in [-0.39, 0.29) is 11.6 Å². The van der Waals surface area contributed by atoms with Crippen molar-refractivity contribution in [1.82, 2.24) is 14.8 Å². The van der Waals surface area contributed by atoms with Gasteiger partial charge in [0.2, 0.25) is 5.91 Å². The number of thioether (sulfide) groups is 1. The number of nitrogens with zero attached hydrogens (tertiary/aromatic N) is 4. The summed E-state index contributed by atoms with van der Waals surface area (Å²) in [4.78, 5) is 23.2. The summed E-state index contributed by atoms with van der Waals surface area (Å²) in [5.74, 6) is 0.369. The number of aryl methyl sites for hydroxylation is 2. The number of carbonyl (C=O) groups excluding carboxylic acids is 1. The van der Waals surface area contributed by atoms with Crippen LogP contribution in [0.2, 0.25) is 5.02 Å². The van der Waals surface area contributed by atoms with Crippen LogP contribution in [-0.2, 0) is 4.79 Å². The minimum atomic E-state index is -0.518. The van der Waals surface area contributed by atoms with E-state index in [1.54, 1.807) is 32.0 Å². The van der Waals surface area contributed by atoms with Crippen LogP contribution in [0.15, 0.2) is 47.6 Å². The van der Waals surface area contributed by atoms with Gasteiger partial charge in [-0.1, -0.05) is 35.5 Å². The summed E-state index contributed by atoms with van der Waals surface area (Å²) in [6.45, 7) is 5.32. The van der Waals surface area contributed by atoms with E-state index < -0.39 is 10.2 Å². The van der Waals surface area contributed by atoms with Gasteiger partial charge in [0.15, 0.2) is 5.16 Å². The van der Waals surface area contributed by atoms with E-state index >= 15 is 0 Å². The Balaban J connectivity index is 1.79. The number of carbonyl (C=O) groups is 1. The number of amides is 1. The third-order valence-corrected chi connectivity index (χ3v) is 5.48. The Kier molecular flexibility index (Phi) is 6.19. The molecule has 0 aliphatic carbocycles. The quantitative estimate of drug-likeness (QED) is 0.348. The maximum absolute atomic E-state index is 12.7. The van der Waals surface area contributed by atoms with Crippen molar-refractivity contribution in [2.75, 3.05) is 5.32 Å². The van der Waals surface area contributed by atoms with Crippen LogP contribution in [0.4, 0.5) is 11.4 Å². The Morgan fingerprint density at radius 2 is 2.00 bits per heavy atom. The molecule has 1 heterocycles. The maximum atomic E-state index is 12.7. The van der Waals surface area contributed by atoms with E-state index in [2.05, 4.69) is 15.5 Å². The van der Waals surface area contributed by atoms with Gasteiger partial charge in [-0.3, -0.25) is 19.5 Å². The Hall–Kier alpha value is -2.91. The number of non-ortho nitro benzene ring substituents is 1. The first kappa shape index (κ1) is 20.8. The van der Waals surface area contributed by atoms with Gasteiger partial charge in [-0.2, -0.15) is 0 Å². The van der Waals surface area contributed by atoms with Gasteiger partial charge in [-0.05, 0) is 44.5 Å². The van der Waals surface area contributed by atoms with Gasteiger partial charge in [-0.25, -0.2) is 0 Å². The molecule has 0 aliphatic rings. The number of hydrogen-bond acceptors (Lipinski definition) is 6. The molecule has 3 aromatic rings. The van der Waals surface area contributed by atoms with Gasteiger partial charge in [-0.15, -0.1) is 10.2 Å². The predicted octanol–water partition coefficient (Wildman–Crippen LogP) is 4.57. The fourth-order valence-electron chi connectivity index (χ4n) is 2.64. The molecule has 2 aromatic carbocycles. The van der Waals surface area contributed by atoms with E-state index in [0.29, 0.717) is 21.7 Å². The maximum Gasteiger partial charge on any atom is 0.271 e. The fraction of sp³-hybridized carbons (Fsp3) is 0.211. The average molecular weight is 432 g/mol. The lowest BCUT2D eigenvalue weighted by Gasteiger charge is -2.14. The van der Waals surface area contributed by atoms with Crippen LogP contribution in [0.1, 0.15) is 18.3 Å². The zero-order chi connectivity index (χ0) is 21.1. The van der Waals surface area contributed by atoms with Crippen LogP contribution in [-0.4, -0.2) is 30.8 Å². The highest BCUT2D eigenvalue weighted by Gasteiger charge is 2.21. The molecule has 0 fully saturated rings. The highest BCUT2D eigenvalue weighted by molar-refractivity contribution is 8.00. The number of anilines is 1. The molecule has 1 N–H and O–H groups in total. The Bertz CT molecular complexity index is 1090. The highest BCUT2D eigenvalue weighted by atomic mass is 35.5. The van der Waals surface area contributed by atoms with Crippen LogP contribution in [0.5, 0.6) is 0 Å². The van der Waals surface area contributed by atoms with Crippen molar-refractivity contribution in [3.63, 3.8) is 0 Å². The third-order valence-electron chi connectivity index (χ3n) is 4.20. The lowest BCUT2D eigenvalue weighted by atomic mass is 10.2. The largest absolute Gasteiger partial charge is 0.325 e. The monoisotopic (exact) mass is 431 g/mol. The molecule has 1 aromatic heterocycles. The van der Waals surface area contributed by atoms with Gasteiger partial charge in [0.05, 0.1) is 21.5 Å². The fourth-order valence-corrected chi connectivity index (χ4v) is 3.73. The molecule has 0 radical (unpaired) electrons. The minimum absolute atomic E-state index is 0.0810. The summed E-state index contributed by atoms with van der Waals surface area (Å²) in [6.07, 6.45) is 0. The van der Waals surface area contributed by atoms with Crippen LogP contribution >= 0.6 is 23.4 Å². The van der Waals surface area contributed by atoms with Gasteiger partial charge >= 0.3 is 0 Å². The summed E-state index contributed by atoms with van der Waals surface area (Å²) in [7, 11) is 0. The second-order valence-electron chi connectivity index (χ2n) is 6.35. The normalized spacial score (nSPS) is 11.9. The van der Waals surface area contributed by atoms with Gasteiger partial charge in [0, 0.05) is 17.2 Å². The lowest BCUT2D eigenvalue weighted by molar-refractivity contribution is -0.384. The van der Waals surface area contributed by atoms with Crippen molar-refractivity contribution in [1.29, 1.82) is 0 Å². The lowest BCUT2D eigenvalue weighted by Crippen LogP contribution is -2.23. The van der Waals surface area contributed by atoms with Gasteiger partial charge < -0.3 is 5.32 Å². The van der Waals surface area contributed by atoms with Gasteiger partial charge in [0.1, 0.15) is 5.82 Å². The summed E-state index contributed by atoms with van der Waals surface area (Å²) in [6, 6.07) is 11.6. The SMILES string of the molecule is Cc1ccc([N+](=O)[O-])cc1NC(=O)[C@@H](C)Sc1nnc(C)n1-c1cccc(Cl)c1. The van der Waals surface area contributed by atoms with Crippen molar-refractivity contribution < 1.29 is 9.72 Å². The van der Waals surface area contributed by atoms with Crippen molar-refractivity contribution in [2.24, 2.45) is 0 Å². The number of halogens is 1. The molecule has 8 nitrogen and oxygen atoms in total. The smallest absolute Gasteiger partial charge is 0.271 e. The molecule has 0 unspecified atom stereocenters. The predicted molar refractivity (Wildman–Crippen MR) is 113 cm³/mol. The molecule has 10 heteroatoms. The molecule has 0 bridgehead atoms. The number of nitrogens with one attached hydrogen (secondary N) is 1. The van der Waals surface area contributed by atoms with E-state index in [0.717, 1.165) is 11.3 Å². The molecule has 3 rings (SSSR count). The summed E-state index contributed by atoms with van der Waals surface area (Å²) >= 11 is 7.33. The molecule has 0 saturated heterocycles. The molecule has 0 spiro atoms. The second-order valence-corrected chi connectivity index (χ2v) is 8.10. The Morgan fingerprint density at radius 1 is 1.24 bits per heavy atom. The van der Waals surface area contributed by atoms with Crippen LogP contribution < -0.4 is 5.32 Å². The first-order valence-electron chi connectivity index (χ1n) is 8.67. The number of nitro benzene ring substituents is 1. The summed E-state index contributed by atoms with van der Waals surface area (Å²) in [5, 5.41) is 22.6. The highest BCUT2D eigenvalue weighted by Crippen LogP contribution is 2.28. The topological polar surface area (TPSA) is 103 Å². The molecule has 1 amide bonds. The minimum Gasteiger partial charge on any atom is -0.325 e. The van der Waals surface area contributed by atoms with E-state index in [4.69, 9.17) is 11.6 Å². The van der Waals surface area contributed by atoms with Crippen molar-refractivity contribution in [3.8, 4) is 5.69 Å². The van der Waals surface area contributed by atoms with E-state index in [1.165, 1.54) is 23.9 Å². The van der Waals surface area contributed by atoms with E-state index in [9.17, 15) is 14.9 Å². The van der Waals surface area contributed by atoms with Crippen molar-refractivity contribution >= 4 is 40.6 Å². The van der Waals surface area contributed by atoms with Crippen LogP contribution in [0, 0.1) is 24.0 Å².